The number of anilines is 3. The van der Waals surface area contributed by atoms with Crippen LogP contribution < -0.4 is 4.90 Å². The van der Waals surface area contributed by atoms with Crippen molar-refractivity contribution >= 4 is 23.0 Å². The van der Waals surface area contributed by atoms with E-state index in [1.54, 1.807) is 18.2 Å². The summed E-state index contributed by atoms with van der Waals surface area (Å²) in [5, 5.41) is 9.53. The van der Waals surface area contributed by atoms with Crippen LogP contribution in [0.4, 0.5) is 17.1 Å². The number of hydrogen-bond acceptors (Lipinski definition) is 2. The van der Waals surface area contributed by atoms with Crippen LogP contribution in [0.1, 0.15) is 40.9 Å². The molecule has 0 aromatic heterocycles. The van der Waals surface area contributed by atoms with Gasteiger partial charge < -0.3 is 10.0 Å². The minimum absolute atomic E-state index is 0.113. The van der Waals surface area contributed by atoms with Crippen LogP contribution in [0.25, 0.3) is 11.1 Å². The molecular formula is C29H25NO2. The smallest absolute Gasteiger partial charge is 0.335 e. The lowest BCUT2D eigenvalue weighted by Crippen LogP contribution is -2.17. The topological polar surface area (TPSA) is 40.5 Å². The summed E-state index contributed by atoms with van der Waals surface area (Å²) in [7, 11) is 0. The number of para-hydroxylation sites is 1. The zero-order chi connectivity index (χ0) is 22.5. The molecule has 158 valence electrons. The fourth-order valence-corrected chi connectivity index (χ4v) is 4.78. The third kappa shape index (κ3) is 3.18. The molecule has 4 aromatic carbocycles. The Balaban J connectivity index is 1.70. The second-order valence-corrected chi connectivity index (χ2v) is 8.93. The Morgan fingerprint density at radius 3 is 2.06 bits per heavy atom. The number of carboxylic acids is 1. The lowest BCUT2D eigenvalue weighted by atomic mass is 9.82. The van der Waals surface area contributed by atoms with Gasteiger partial charge in [-0.3, -0.25) is 0 Å². The van der Waals surface area contributed by atoms with E-state index in [0.29, 0.717) is 0 Å². The first-order valence-electron chi connectivity index (χ1n) is 10.8. The van der Waals surface area contributed by atoms with E-state index < -0.39 is 5.97 Å². The Morgan fingerprint density at radius 1 is 0.719 bits per heavy atom. The Morgan fingerprint density at radius 2 is 1.34 bits per heavy atom. The van der Waals surface area contributed by atoms with Crippen molar-refractivity contribution < 1.29 is 9.90 Å². The van der Waals surface area contributed by atoms with Crippen molar-refractivity contribution in [3.05, 3.63) is 113 Å². The molecule has 3 heteroatoms. The summed E-state index contributed by atoms with van der Waals surface area (Å²) >= 11 is 0. The van der Waals surface area contributed by atoms with E-state index >= 15 is 0 Å². The summed E-state index contributed by atoms with van der Waals surface area (Å²) in [4.78, 5) is 13.7. The molecule has 5 rings (SSSR count). The van der Waals surface area contributed by atoms with Gasteiger partial charge in [-0.2, -0.15) is 0 Å². The Labute approximate surface area is 188 Å². The van der Waals surface area contributed by atoms with Crippen LogP contribution in [0, 0.1) is 6.92 Å². The molecule has 0 heterocycles. The highest BCUT2D eigenvalue weighted by Crippen LogP contribution is 2.50. The zero-order valence-electron chi connectivity index (χ0n) is 18.5. The second kappa shape index (κ2) is 7.38. The number of aromatic carboxylic acids is 1. The molecule has 0 amide bonds. The first kappa shape index (κ1) is 20.1. The molecule has 0 aliphatic heterocycles. The van der Waals surface area contributed by atoms with E-state index in [4.69, 9.17) is 0 Å². The predicted molar refractivity (Wildman–Crippen MR) is 130 cm³/mol. The minimum atomic E-state index is -0.930. The summed E-state index contributed by atoms with van der Waals surface area (Å²) in [5.41, 5.74) is 9.43. The molecular weight excluding hydrogens is 394 g/mol. The number of nitrogens with zero attached hydrogens (tertiary/aromatic N) is 1. The summed E-state index contributed by atoms with van der Waals surface area (Å²) in [6.07, 6.45) is 0. The highest BCUT2D eigenvalue weighted by Gasteiger charge is 2.36. The minimum Gasteiger partial charge on any atom is -0.478 e. The van der Waals surface area contributed by atoms with Gasteiger partial charge in [0.25, 0.3) is 0 Å². The highest BCUT2D eigenvalue weighted by atomic mass is 16.4. The van der Waals surface area contributed by atoms with Crippen LogP contribution in [0.3, 0.4) is 0 Å². The standard InChI is InChI=1S/C29H25NO2/c1-19-12-14-24-25-15-13-23(18-27(25)29(2,3)26(24)16-19)30(21-9-5-4-6-10-21)22-11-7-8-20(17-22)28(31)32/h4-18H,1-3H3,(H,31,32). The summed E-state index contributed by atoms with van der Waals surface area (Å²) in [6.45, 7) is 6.69. The second-order valence-electron chi connectivity index (χ2n) is 8.93. The van der Waals surface area contributed by atoms with E-state index in [1.807, 2.05) is 36.4 Å². The molecule has 0 saturated carbocycles. The van der Waals surface area contributed by atoms with Crippen molar-refractivity contribution in [2.24, 2.45) is 0 Å². The van der Waals surface area contributed by atoms with Gasteiger partial charge in [0, 0.05) is 22.5 Å². The van der Waals surface area contributed by atoms with Crippen LogP contribution >= 0.6 is 0 Å². The molecule has 0 radical (unpaired) electrons. The molecule has 0 atom stereocenters. The average molecular weight is 420 g/mol. The number of aryl methyl sites for hydroxylation is 1. The van der Waals surface area contributed by atoms with Crippen LogP contribution in [0.2, 0.25) is 0 Å². The molecule has 1 N–H and O–H groups in total. The van der Waals surface area contributed by atoms with Crippen LogP contribution in [-0.2, 0) is 5.41 Å². The third-order valence-electron chi connectivity index (χ3n) is 6.44. The largest absolute Gasteiger partial charge is 0.478 e. The quantitative estimate of drug-likeness (QED) is 0.373. The van der Waals surface area contributed by atoms with E-state index in [2.05, 4.69) is 62.1 Å². The van der Waals surface area contributed by atoms with Gasteiger partial charge in [-0.25, -0.2) is 4.79 Å². The molecule has 3 nitrogen and oxygen atoms in total. The Hall–Kier alpha value is -3.85. The normalized spacial score (nSPS) is 13.3. The van der Waals surface area contributed by atoms with E-state index in [-0.39, 0.29) is 11.0 Å². The van der Waals surface area contributed by atoms with Crippen LogP contribution in [0.5, 0.6) is 0 Å². The van der Waals surface area contributed by atoms with Crippen molar-refractivity contribution in [3.63, 3.8) is 0 Å². The lowest BCUT2D eigenvalue weighted by molar-refractivity contribution is 0.0697. The first-order chi connectivity index (χ1) is 15.4. The van der Waals surface area contributed by atoms with Gasteiger partial charge in [-0.05, 0) is 71.6 Å². The first-order valence-corrected chi connectivity index (χ1v) is 10.8. The summed E-state index contributed by atoms with van der Waals surface area (Å²) in [6, 6.07) is 30.5. The van der Waals surface area contributed by atoms with E-state index in [1.165, 1.54) is 27.8 Å². The third-order valence-corrected chi connectivity index (χ3v) is 6.44. The molecule has 0 unspecified atom stereocenters. The number of benzene rings is 4. The van der Waals surface area contributed by atoms with Gasteiger partial charge in [-0.1, -0.05) is 67.9 Å². The Kier molecular flexibility index (Phi) is 4.63. The number of fused-ring (bicyclic) bond motifs is 3. The maximum Gasteiger partial charge on any atom is 0.335 e. The molecule has 0 bridgehead atoms. The Bertz CT molecular complexity index is 1340. The average Bonchev–Trinajstić information content (AvgIpc) is 3.01. The summed E-state index contributed by atoms with van der Waals surface area (Å²) in [5.74, 6) is -0.930. The monoisotopic (exact) mass is 419 g/mol. The number of hydrogen-bond donors (Lipinski definition) is 1. The van der Waals surface area contributed by atoms with Crippen molar-refractivity contribution in [1.82, 2.24) is 0 Å². The van der Waals surface area contributed by atoms with Gasteiger partial charge in [0.1, 0.15) is 0 Å². The number of carboxylic acid groups (broad SMARTS) is 1. The summed E-state index contributed by atoms with van der Waals surface area (Å²) < 4.78 is 0. The molecule has 1 aliphatic rings. The van der Waals surface area contributed by atoms with Crippen molar-refractivity contribution in [1.29, 1.82) is 0 Å². The van der Waals surface area contributed by atoms with E-state index in [0.717, 1.165) is 17.1 Å². The molecule has 0 spiro atoms. The number of rotatable bonds is 4. The fraction of sp³-hybridized carbons (Fsp3) is 0.138. The van der Waals surface area contributed by atoms with Crippen LogP contribution in [-0.4, -0.2) is 11.1 Å². The van der Waals surface area contributed by atoms with Gasteiger partial charge >= 0.3 is 5.97 Å². The highest BCUT2D eigenvalue weighted by molar-refractivity contribution is 5.91. The molecule has 0 saturated heterocycles. The van der Waals surface area contributed by atoms with Crippen molar-refractivity contribution in [2.75, 3.05) is 4.90 Å². The number of carbonyl (C=O) groups is 1. The molecule has 1 aliphatic carbocycles. The maximum atomic E-state index is 11.6. The lowest BCUT2D eigenvalue weighted by Gasteiger charge is -2.28. The molecule has 32 heavy (non-hydrogen) atoms. The van der Waals surface area contributed by atoms with Crippen molar-refractivity contribution in [3.8, 4) is 11.1 Å². The molecule has 4 aromatic rings. The van der Waals surface area contributed by atoms with Gasteiger partial charge in [0.05, 0.1) is 5.56 Å². The molecule has 0 fully saturated rings. The SMILES string of the molecule is Cc1ccc2c(c1)C(C)(C)c1cc(N(c3ccccc3)c3cccc(C(=O)O)c3)ccc1-2. The maximum absolute atomic E-state index is 11.6. The zero-order valence-corrected chi connectivity index (χ0v) is 18.5. The van der Waals surface area contributed by atoms with Gasteiger partial charge in [-0.15, -0.1) is 0 Å². The van der Waals surface area contributed by atoms with Gasteiger partial charge in [0.2, 0.25) is 0 Å². The fourth-order valence-electron chi connectivity index (χ4n) is 4.78. The van der Waals surface area contributed by atoms with Crippen LogP contribution in [0.15, 0.2) is 91.0 Å². The van der Waals surface area contributed by atoms with E-state index in [9.17, 15) is 9.90 Å². The van der Waals surface area contributed by atoms with Crippen molar-refractivity contribution in [2.45, 2.75) is 26.2 Å². The predicted octanol–water partition coefficient (Wildman–Crippen LogP) is 7.47. The van der Waals surface area contributed by atoms with Gasteiger partial charge in [0.15, 0.2) is 0 Å².